The van der Waals surface area contributed by atoms with E-state index in [0.29, 0.717) is 19.8 Å². The summed E-state index contributed by atoms with van der Waals surface area (Å²) in [7, 11) is 0. The van der Waals surface area contributed by atoms with Crippen molar-refractivity contribution in [3.05, 3.63) is 25.0 Å². The molecule has 0 unspecified atom stereocenters. The van der Waals surface area contributed by atoms with E-state index in [1.165, 1.54) is 0 Å². The van der Waals surface area contributed by atoms with Crippen LogP contribution in [0.1, 0.15) is 12.8 Å². The lowest BCUT2D eigenvalue weighted by Crippen LogP contribution is -2.45. The molecule has 1 aromatic heterocycles. The Bertz CT molecular complexity index is 464. The highest BCUT2D eigenvalue weighted by molar-refractivity contribution is 5.49. The molecule has 3 heterocycles. The van der Waals surface area contributed by atoms with Gasteiger partial charge in [0, 0.05) is 38.5 Å². The summed E-state index contributed by atoms with van der Waals surface area (Å²) >= 11 is 0. The van der Waals surface area contributed by atoms with Crippen LogP contribution in [0.5, 0.6) is 0 Å². The fourth-order valence-electron chi connectivity index (χ4n) is 2.66. The number of piperidine rings is 1. The van der Waals surface area contributed by atoms with Crippen LogP contribution < -0.4 is 10.2 Å². The van der Waals surface area contributed by atoms with Gasteiger partial charge in [0.05, 0.1) is 13.2 Å². The summed E-state index contributed by atoms with van der Waals surface area (Å²) in [4.78, 5) is 10.8. The van der Waals surface area contributed by atoms with E-state index in [1.807, 2.05) is 6.07 Å². The minimum absolute atomic E-state index is 0.340. The Labute approximate surface area is 118 Å². The molecule has 2 fully saturated rings. The van der Waals surface area contributed by atoms with Crippen molar-refractivity contribution in [1.82, 2.24) is 9.97 Å². The van der Waals surface area contributed by atoms with Crippen molar-refractivity contribution >= 4 is 11.6 Å². The van der Waals surface area contributed by atoms with Gasteiger partial charge in [-0.05, 0) is 0 Å². The molecule has 0 radical (unpaired) electrons. The van der Waals surface area contributed by atoms with Crippen molar-refractivity contribution < 1.29 is 9.47 Å². The normalized spacial score (nSPS) is 21.1. The standard InChI is InChI=1S/C14H20N4O2/c1-2-5-15-12-10-13(17-11-16-12)18-6-3-14(4-7-18)19-8-9-20-14/h2,10-11H,1,3-9H2,(H,15,16,17). The summed E-state index contributed by atoms with van der Waals surface area (Å²) in [5.41, 5.74) is 0. The Balaban J connectivity index is 1.63. The molecule has 0 bridgehead atoms. The van der Waals surface area contributed by atoms with E-state index in [9.17, 15) is 0 Å². The third-order valence-corrected chi connectivity index (χ3v) is 3.74. The van der Waals surface area contributed by atoms with E-state index in [0.717, 1.165) is 37.6 Å². The molecule has 0 aromatic carbocycles. The summed E-state index contributed by atoms with van der Waals surface area (Å²) in [5, 5.41) is 3.18. The van der Waals surface area contributed by atoms with Gasteiger partial charge in [0.2, 0.25) is 0 Å². The highest BCUT2D eigenvalue weighted by atomic mass is 16.7. The number of anilines is 2. The van der Waals surface area contributed by atoms with E-state index in [1.54, 1.807) is 12.4 Å². The molecule has 2 saturated heterocycles. The molecule has 0 aliphatic carbocycles. The molecular weight excluding hydrogens is 256 g/mol. The number of hydrogen-bond donors (Lipinski definition) is 1. The van der Waals surface area contributed by atoms with Gasteiger partial charge in [0.15, 0.2) is 5.79 Å². The third kappa shape index (κ3) is 2.76. The van der Waals surface area contributed by atoms with Crippen LogP contribution in [0, 0.1) is 0 Å². The predicted octanol–water partition coefficient (Wildman–Crippen LogP) is 1.42. The second-order valence-corrected chi connectivity index (χ2v) is 5.03. The van der Waals surface area contributed by atoms with Gasteiger partial charge in [-0.1, -0.05) is 6.08 Å². The van der Waals surface area contributed by atoms with Crippen LogP contribution in [0.3, 0.4) is 0 Å². The molecule has 6 heteroatoms. The van der Waals surface area contributed by atoms with Crippen molar-refractivity contribution in [2.45, 2.75) is 18.6 Å². The first-order chi connectivity index (χ1) is 9.81. The molecule has 108 valence electrons. The lowest BCUT2D eigenvalue weighted by Gasteiger charge is -2.38. The maximum atomic E-state index is 5.74. The molecule has 6 nitrogen and oxygen atoms in total. The monoisotopic (exact) mass is 276 g/mol. The SMILES string of the molecule is C=CCNc1cc(N2CCC3(CC2)OCCO3)ncn1. The summed E-state index contributed by atoms with van der Waals surface area (Å²) in [5.74, 6) is 1.43. The first-order valence-corrected chi connectivity index (χ1v) is 7.01. The van der Waals surface area contributed by atoms with Crippen LogP contribution in [0.2, 0.25) is 0 Å². The molecule has 0 atom stereocenters. The first kappa shape index (κ1) is 13.3. The highest BCUT2D eigenvalue weighted by Gasteiger charge is 2.40. The van der Waals surface area contributed by atoms with Gasteiger partial charge >= 0.3 is 0 Å². The van der Waals surface area contributed by atoms with Crippen molar-refractivity contribution in [3.8, 4) is 0 Å². The first-order valence-electron chi connectivity index (χ1n) is 7.01. The summed E-state index contributed by atoms with van der Waals surface area (Å²) in [6.07, 6.45) is 5.16. The highest BCUT2D eigenvalue weighted by Crippen LogP contribution is 2.32. The summed E-state index contributed by atoms with van der Waals surface area (Å²) < 4.78 is 11.5. The largest absolute Gasteiger partial charge is 0.366 e. The zero-order valence-electron chi connectivity index (χ0n) is 11.5. The third-order valence-electron chi connectivity index (χ3n) is 3.74. The molecule has 0 saturated carbocycles. The number of ether oxygens (including phenoxy) is 2. The minimum atomic E-state index is -0.340. The Morgan fingerprint density at radius 3 is 2.75 bits per heavy atom. The van der Waals surface area contributed by atoms with E-state index >= 15 is 0 Å². The van der Waals surface area contributed by atoms with Crippen LogP contribution in [0.25, 0.3) is 0 Å². The molecule has 2 aliphatic heterocycles. The fraction of sp³-hybridized carbons (Fsp3) is 0.571. The van der Waals surface area contributed by atoms with Crippen molar-refractivity contribution in [1.29, 1.82) is 0 Å². The van der Waals surface area contributed by atoms with Gasteiger partial charge in [-0.2, -0.15) is 0 Å². The van der Waals surface area contributed by atoms with Crippen molar-refractivity contribution in [2.75, 3.05) is 43.1 Å². The van der Waals surface area contributed by atoms with E-state index < -0.39 is 0 Å². The van der Waals surface area contributed by atoms with Gasteiger partial charge in [0.25, 0.3) is 0 Å². The average Bonchev–Trinajstić information content (AvgIpc) is 2.94. The molecule has 1 aromatic rings. The number of rotatable bonds is 4. The number of aromatic nitrogens is 2. The van der Waals surface area contributed by atoms with E-state index in [2.05, 4.69) is 26.8 Å². The Morgan fingerprint density at radius 1 is 1.30 bits per heavy atom. The Morgan fingerprint density at radius 2 is 2.05 bits per heavy atom. The van der Waals surface area contributed by atoms with Crippen molar-refractivity contribution in [2.24, 2.45) is 0 Å². The second-order valence-electron chi connectivity index (χ2n) is 5.03. The van der Waals surface area contributed by atoms with Crippen LogP contribution in [-0.4, -0.2) is 48.6 Å². The number of nitrogens with one attached hydrogen (secondary N) is 1. The van der Waals surface area contributed by atoms with E-state index in [4.69, 9.17) is 9.47 Å². The molecule has 2 aliphatic rings. The number of nitrogens with zero attached hydrogens (tertiary/aromatic N) is 3. The maximum absolute atomic E-state index is 5.74. The minimum Gasteiger partial charge on any atom is -0.366 e. The lowest BCUT2D eigenvalue weighted by molar-refractivity contribution is -0.169. The zero-order valence-corrected chi connectivity index (χ0v) is 11.5. The summed E-state index contributed by atoms with van der Waals surface area (Å²) in [6.45, 7) is 7.58. The van der Waals surface area contributed by atoms with Crippen LogP contribution in [-0.2, 0) is 9.47 Å². The second kappa shape index (κ2) is 5.76. The topological polar surface area (TPSA) is 59.5 Å². The van der Waals surface area contributed by atoms with Gasteiger partial charge in [0.1, 0.15) is 18.0 Å². The van der Waals surface area contributed by atoms with Gasteiger partial charge < -0.3 is 19.7 Å². The van der Waals surface area contributed by atoms with Gasteiger partial charge in [-0.25, -0.2) is 9.97 Å². The van der Waals surface area contributed by atoms with Gasteiger partial charge in [-0.15, -0.1) is 6.58 Å². The van der Waals surface area contributed by atoms with Crippen LogP contribution in [0.4, 0.5) is 11.6 Å². The molecule has 20 heavy (non-hydrogen) atoms. The molecular formula is C14H20N4O2. The maximum Gasteiger partial charge on any atom is 0.171 e. The van der Waals surface area contributed by atoms with E-state index in [-0.39, 0.29) is 5.79 Å². The Hall–Kier alpha value is -1.66. The zero-order chi connectivity index (χ0) is 13.8. The molecule has 1 N–H and O–H groups in total. The van der Waals surface area contributed by atoms with Crippen molar-refractivity contribution in [3.63, 3.8) is 0 Å². The van der Waals surface area contributed by atoms with Crippen LogP contribution in [0.15, 0.2) is 25.0 Å². The van der Waals surface area contributed by atoms with Gasteiger partial charge in [-0.3, -0.25) is 0 Å². The smallest absolute Gasteiger partial charge is 0.171 e. The summed E-state index contributed by atoms with van der Waals surface area (Å²) in [6, 6.07) is 1.97. The average molecular weight is 276 g/mol. The lowest BCUT2D eigenvalue weighted by atomic mass is 10.0. The fourth-order valence-corrected chi connectivity index (χ4v) is 2.66. The number of hydrogen-bond acceptors (Lipinski definition) is 6. The molecule has 3 rings (SSSR count). The Kier molecular flexibility index (Phi) is 3.84. The quantitative estimate of drug-likeness (QED) is 0.839. The van der Waals surface area contributed by atoms with Crippen LogP contribution >= 0.6 is 0 Å². The predicted molar refractivity (Wildman–Crippen MR) is 76.8 cm³/mol. The molecule has 0 amide bonds. The molecule has 1 spiro atoms.